The van der Waals surface area contributed by atoms with E-state index in [2.05, 4.69) is 10.6 Å². The van der Waals surface area contributed by atoms with Gasteiger partial charge in [-0.1, -0.05) is 30.3 Å². The molecule has 0 aromatic heterocycles. The third kappa shape index (κ3) is 1.73. The molecule has 1 aromatic carbocycles. The van der Waals surface area contributed by atoms with Crippen molar-refractivity contribution in [1.82, 2.24) is 10.6 Å². The normalized spacial score (nSPS) is 24.2. The van der Waals surface area contributed by atoms with Crippen LogP contribution in [0.4, 0.5) is 4.79 Å². The number of hydrogen-bond acceptors (Lipinski definition) is 3. The number of benzene rings is 1. The van der Waals surface area contributed by atoms with Gasteiger partial charge in [-0.25, -0.2) is 4.79 Å². The first kappa shape index (κ1) is 10.2. The SMILES string of the molecule is N#CC1C(=O)NC(=O)NC1c1ccccc1. The molecule has 2 atom stereocenters. The van der Waals surface area contributed by atoms with Crippen LogP contribution in [0.5, 0.6) is 0 Å². The summed E-state index contributed by atoms with van der Waals surface area (Å²) < 4.78 is 0. The van der Waals surface area contributed by atoms with Gasteiger partial charge in [-0.15, -0.1) is 0 Å². The minimum atomic E-state index is -0.889. The van der Waals surface area contributed by atoms with Crippen LogP contribution in [0.25, 0.3) is 0 Å². The minimum absolute atomic E-state index is 0.555. The van der Waals surface area contributed by atoms with Crippen molar-refractivity contribution in [2.24, 2.45) is 5.92 Å². The van der Waals surface area contributed by atoms with Gasteiger partial charge in [0.15, 0.2) is 0 Å². The van der Waals surface area contributed by atoms with Gasteiger partial charge in [0.25, 0.3) is 0 Å². The molecule has 0 spiro atoms. The van der Waals surface area contributed by atoms with E-state index in [9.17, 15) is 9.59 Å². The van der Waals surface area contributed by atoms with E-state index in [1.807, 2.05) is 12.1 Å². The lowest BCUT2D eigenvalue weighted by atomic mass is 9.92. The van der Waals surface area contributed by atoms with Gasteiger partial charge in [0.1, 0.15) is 5.92 Å². The molecule has 0 bridgehead atoms. The standard InChI is InChI=1S/C11H9N3O2/c12-6-8-9(7-4-2-1-3-5-7)13-11(16)14-10(8)15/h1-5,8-9H,(H2,13,14,15,16). The van der Waals surface area contributed by atoms with Crippen LogP contribution in [0.1, 0.15) is 11.6 Å². The van der Waals surface area contributed by atoms with E-state index in [1.165, 1.54) is 0 Å². The number of rotatable bonds is 1. The molecule has 2 unspecified atom stereocenters. The number of urea groups is 1. The summed E-state index contributed by atoms with van der Waals surface area (Å²) in [6, 6.07) is 9.72. The maximum atomic E-state index is 11.4. The van der Waals surface area contributed by atoms with E-state index in [0.717, 1.165) is 5.56 Å². The van der Waals surface area contributed by atoms with Crippen molar-refractivity contribution in [3.05, 3.63) is 35.9 Å². The Hall–Kier alpha value is -2.35. The number of nitriles is 1. The monoisotopic (exact) mass is 215 g/mol. The molecule has 1 aromatic rings. The highest BCUT2D eigenvalue weighted by Gasteiger charge is 2.36. The van der Waals surface area contributed by atoms with Gasteiger partial charge in [0, 0.05) is 0 Å². The number of amides is 3. The number of imide groups is 1. The summed E-state index contributed by atoms with van der Waals surface area (Å²) in [5, 5.41) is 13.6. The highest BCUT2D eigenvalue weighted by molar-refractivity contribution is 5.99. The van der Waals surface area contributed by atoms with Crippen LogP contribution < -0.4 is 10.6 Å². The van der Waals surface area contributed by atoms with Crippen molar-refractivity contribution < 1.29 is 9.59 Å². The molecule has 1 aliphatic rings. The smallest absolute Gasteiger partial charge is 0.322 e. The predicted octanol–water partition coefficient (Wildman–Crippen LogP) is 0.707. The Bertz CT molecular complexity index is 464. The van der Waals surface area contributed by atoms with Gasteiger partial charge >= 0.3 is 6.03 Å². The summed E-state index contributed by atoms with van der Waals surface area (Å²) in [5.74, 6) is -1.44. The summed E-state index contributed by atoms with van der Waals surface area (Å²) in [7, 11) is 0. The Morgan fingerprint density at radius 2 is 1.88 bits per heavy atom. The molecule has 0 aliphatic carbocycles. The minimum Gasteiger partial charge on any atom is -0.329 e. The molecule has 2 N–H and O–H groups in total. The van der Waals surface area contributed by atoms with E-state index in [-0.39, 0.29) is 0 Å². The van der Waals surface area contributed by atoms with Gasteiger partial charge in [-0.2, -0.15) is 5.26 Å². The van der Waals surface area contributed by atoms with Gasteiger partial charge < -0.3 is 5.32 Å². The number of carbonyl (C=O) groups excluding carboxylic acids is 2. The molecule has 16 heavy (non-hydrogen) atoms. The zero-order valence-electron chi connectivity index (χ0n) is 8.31. The molecule has 5 nitrogen and oxygen atoms in total. The van der Waals surface area contributed by atoms with Crippen LogP contribution in [0, 0.1) is 17.2 Å². The van der Waals surface area contributed by atoms with Crippen molar-refractivity contribution in [1.29, 1.82) is 5.26 Å². The Labute approximate surface area is 92.1 Å². The lowest BCUT2D eigenvalue weighted by Crippen LogP contribution is -2.53. The second kappa shape index (κ2) is 4.03. The molecule has 1 saturated heterocycles. The first-order valence-corrected chi connectivity index (χ1v) is 4.78. The lowest BCUT2D eigenvalue weighted by Gasteiger charge is -2.27. The summed E-state index contributed by atoms with van der Waals surface area (Å²) in [4.78, 5) is 22.6. The van der Waals surface area contributed by atoms with E-state index in [4.69, 9.17) is 5.26 Å². The Kier molecular flexibility index (Phi) is 2.56. The van der Waals surface area contributed by atoms with Gasteiger partial charge in [0.2, 0.25) is 5.91 Å². The molecule has 2 rings (SSSR count). The number of hydrogen-bond donors (Lipinski definition) is 2. The molecule has 5 heteroatoms. The molecule has 0 saturated carbocycles. The van der Waals surface area contributed by atoms with Gasteiger partial charge in [-0.05, 0) is 5.56 Å². The van der Waals surface area contributed by atoms with Crippen molar-refractivity contribution in [2.45, 2.75) is 6.04 Å². The largest absolute Gasteiger partial charge is 0.329 e. The fourth-order valence-corrected chi connectivity index (χ4v) is 1.67. The zero-order valence-corrected chi connectivity index (χ0v) is 8.31. The van der Waals surface area contributed by atoms with Crippen molar-refractivity contribution in [3.8, 4) is 6.07 Å². The molecule has 80 valence electrons. The second-order valence-corrected chi connectivity index (χ2v) is 3.46. The van der Waals surface area contributed by atoms with Crippen LogP contribution >= 0.6 is 0 Å². The molecule has 1 heterocycles. The third-order valence-electron chi connectivity index (χ3n) is 2.44. The zero-order chi connectivity index (χ0) is 11.5. The lowest BCUT2D eigenvalue weighted by molar-refractivity contribution is -0.124. The summed E-state index contributed by atoms with van der Waals surface area (Å²) in [6.45, 7) is 0. The quantitative estimate of drug-likeness (QED) is 0.723. The van der Waals surface area contributed by atoms with Gasteiger partial charge in [-0.3, -0.25) is 10.1 Å². The molecule has 0 radical (unpaired) electrons. The van der Waals surface area contributed by atoms with E-state index < -0.39 is 23.9 Å². The maximum Gasteiger partial charge on any atom is 0.322 e. The summed E-state index contributed by atoms with van der Waals surface area (Å²) in [5.41, 5.74) is 0.747. The van der Waals surface area contributed by atoms with Crippen molar-refractivity contribution in [2.75, 3.05) is 0 Å². The van der Waals surface area contributed by atoms with Crippen molar-refractivity contribution in [3.63, 3.8) is 0 Å². The predicted molar refractivity (Wildman–Crippen MR) is 55.0 cm³/mol. The fraction of sp³-hybridized carbons (Fsp3) is 0.182. The number of nitrogens with zero attached hydrogens (tertiary/aromatic N) is 1. The van der Waals surface area contributed by atoms with Crippen molar-refractivity contribution >= 4 is 11.9 Å². The summed E-state index contributed by atoms with van der Waals surface area (Å²) in [6.07, 6.45) is 0. The van der Waals surface area contributed by atoms with Crippen LogP contribution in [-0.4, -0.2) is 11.9 Å². The van der Waals surface area contributed by atoms with Crippen LogP contribution in [0.3, 0.4) is 0 Å². The Balaban J connectivity index is 2.35. The maximum absolute atomic E-state index is 11.4. The number of carbonyl (C=O) groups is 2. The number of nitrogens with one attached hydrogen (secondary N) is 2. The summed E-state index contributed by atoms with van der Waals surface area (Å²) >= 11 is 0. The van der Waals surface area contributed by atoms with Crippen LogP contribution in [-0.2, 0) is 4.79 Å². The Morgan fingerprint density at radius 1 is 1.19 bits per heavy atom. The van der Waals surface area contributed by atoms with E-state index >= 15 is 0 Å². The molecule has 3 amide bonds. The highest BCUT2D eigenvalue weighted by Crippen LogP contribution is 2.23. The average molecular weight is 215 g/mol. The fourth-order valence-electron chi connectivity index (χ4n) is 1.67. The second-order valence-electron chi connectivity index (χ2n) is 3.46. The van der Waals surface area contributed by atoms with E-state index in [1.54, 1.807) is 24.3 Å². The third-order valence-corrected chi connectivity index (χ3v) is 2.44. The first-order valence-electron chi connectivity index (χ1n) is 4.78. The molecular weight excluding hydrogens is 206 g/mol. The van der Waals surface area contributed by atoms with E-state index in [0.29, 0.717) is 0 Å². The first-order chi connectivity index (χ1) is 7.72. The van der Waals surface area contributed by atoms with Gasteiger partial charge in [0.05, 0.1) is 12.1 Å². The van der Waals surface area contributed by atoms with Crippen LogP contribution in [0.15, 0.2) is 30.3 Å². The molecular formula is C11H9N3O2. The molecule has 1 fully saturated rings. The molecule has 1 aliphatic heterocycles. The van der Waals surface area contributed by atoms with Crippen LogP contribution in [0.2, 0.25) is 0 Å². The topological polar surface area (TPSA) is 82.0 Å². The Morgan fingerprint density at radius 3 is 2.50 bits per heavy atom. The average Bonchev–Trinajstić information content (AvgIpc) is 2.29. The highest BCUT2D eigenvalue weighted by atomic mass is 16.2.